The number of halogens is 1. The third-order valence-electron chi connectivity index (χ3n) is 5.17. The molecule has 2 rings (SSSR count). The van der Waals surface area contributed by atoms with Gasteiger partial charge >= 0.3 is 5.97 Å². The molecule has 0 bridgehead atoms. The summed E-state index contributed by atoms with van der Waals surface area (Å²) >= 11 is 0. The molecule has 0 saturated heterocycles. The Kier molecular flexibility index (Phi) is 7.32. The molecule has 0 aliphatic carbocycles. The minimum atomic E-state index is -0.824. The fraction of sp³-hybridized carbons (Fsp3) is 0.348. The van der Waals surface area contributed by atoms with E-state index in [9.17, 15) is 18.8 Å². The lowest BCUT2D eigenvalue weighted by Crippen LogP contribution is -2.43. The molecule has 160 valence electrons. The quantitative estimate of drug-likeness (QED) is 0.374. The lowest BCUT2D eigenvalue weighted by molar-refractivity contribution is 0.0513. The summed E-state index contributed by atoms with van der Waals surface area (Å²) < 4.78 is 20.0. The highest BCUT2D eigenvalue weighted by atomic mass is 19.1. The van der Waals surface area contributed by atoms with Gasteiger partial charge in [0.05, 0.1) is 12.6 Å². The largest absolute Gasteiger partial charge is 0.461 e. The molecule has 0 fully saturated rings. The summed E-state index contributed by atoms with van der Waals surface area (Å²) in [7, 11) is 1.70. The van der Waals surface area contributed by atoms with E-state index >= 15 is 0 Å². The summed E-state index contributed by atoms with van der Waals surface area (Å²) in [6.45, 7) is 10.8. The van der Waals surface area contributed by atoms with Crippen molar-refractivity contribution in [3.05, 3.63) is 70.8 Å². The average molecular weight is 414 g/mol. The molecular weight excluding hydrogens is 387 g/mol. The molecule has 30 heavy (non-hydrogen) atoms. The number of rotatable bonds is 8. The lowest BCUT2D eigenvalue weighted by atomic mass is 9.99. The van der Waals surface area contributed by atoms with E-state index in [-0.39, 0.29) is 24.5 Å². The smallest absolute Gasteiger partial charge is 0.355 e. The SMILES string of the molecule is C=CCN(C(=O)c1ccc(F)cc1)C(C)C(=O)c1c(C)c(C(=O)OCC)n(C)c1C. The molecule has 0 aliphatic rings. The van der Waals surface area contributed by atoms with Crippen molar-refractivity contribution in [3.8, 4) is 0 Å². The third-order valence-corrected chi connectivity index (χ3v) is 5.17. The summed E-state index contributed by atoms with van der Waals surface area (Å²) in [5.41, 5.74) is 2.09. The number of hydrogen-bond acceptors (Lipinski definition) is 4. The zero-order valence-electron chi connectivity index (χ0n) is 18.0. The minimum absolute atomic E-state index is 0.138. The average Bonchev–Trinajstić information content (AvgIpc) is 2.93. The Bertz CT molecular complexity index is 976. The molecule has 6 nitrogen and oxygen atoms in total. The number of hydrogen-bond donors (Lipinski definition) is 0. The van der Waals surface area contributed by atoms with Crippen molar-refractivity contribution in [1.29, 1.82) is 0 Å². The number of amides is 1. The minimum Gasteiger partial charge on any atom is -0.461 e. The molecule has 2 aromatic rings. The first-order valence-corrected chi connectivity index (χ1v) is 9.70. The maximum atomic E-state index is 13.4. The molecule has 7 heteroatoms. The predicted octanol–water partition coefficient (Wildman–Crippen LogP) is 3.86. The topological polar surface area (TPSA) is 68.6 Å². The van der Waals surface area contributed by atoms with Crippen molar-refractivity contribution in [1.82, 2.24) is 9.47 Å². The molecule has 1 heterocycles. The Hall–Kier alpha value is -3.22. The normalized spacial score (nSPS) is 11.7. The van der Waals surface area contributed by atoms with Crippen molar-refractivity contribution in [2.45, 2.75) is 33.7 Å². The Morgan fingerprint density at radius 2 is 1.83 bits per heavy atom. The predicted molar refractivity (Wildman–Crippen MR) is 112 cm³/mol. The van der Waals surface area contributed by atoms with Crippen LogP contribution >= 0.6 is 0 Å². The number of ketones is 1. The number of esters is 1. The van der Waals surface area contributed by atoms with E-state index in [2.05, 4.69) is 6.58 Å². The second-order valence-electron chi connectivity index (χ2n) is 7.01. The van der Waals surface area contributed by atoms with Gasteiger partial charge in [-0.25, -0.2) is 9.18 Å². The Balaban J connectivity index is 2.44. The summed E-state index contributed by atoms with van der Waals surface area (Å²) in [6.07, 6.45) is 1.53. The van der Waals surface area contributed by atoms with Crippen molar-refractivity contribution in [2.75, 3.05) is 13.2 Å². The molecule has 1 unspecified atom stereocenters. The van der Waals surface area contributed by atoms with Crippen molar-refractivity contribution in [3.63, 3.8) is 0 Å². The lowest BCUT2D eigenvalue weighted by Gasteiger charge is -2.27. The number of ether oxygens (including phenoxy) is 1. The summed E-state index contributed by atoms with van der Waals surface area (Å²) in [5, 5.41) is 0. The zero-order chi connectivity index (χ0) is 22.6. The molecule has 0 N–H and O–H groups in total. The first-order valence-electron chi connectivity index (χ1n) is 9.70. The number of Topliss-reactive ketones (excluding diaryl/α,β-unsaturated/α-hetero) is 1. The first-order chi connectivity index (χ1) is 14.1. The number of carbonyl (C=O) groups is 3. The van der Waals surface area contributed by atoms with Crippen molar-refractivity contribution >= 4 is 17.7 Å². The van der Waals surface area contributed by atoms with Crippen molar-refractivity contribution in [2.24, 2.45) is 7.05 Å². The van der Waals surface area contributed by atoms with E-state index in [0.717, 1.165) is 0 Å². The summed E-state index contributed by atoms with van der Waals surface area (Å²) in [5.74, 6) is -1.66. The Labute approximate surface area is 175 Å². The van der Waals surface area contributed by atoms with Gasteiger partial charge in [0.2, 0.25) is 0 Å². The molecule has 0 radical (unpaired) electrons. The highest BCUT2D eigenvalue weighted by Gasteiger charge is 2.32. The molecule has 0 aliphatic heterocycles. The highest BCUT2D eigenvalue weighted by molar-refractivity contribution is 6.07. The molecule has 0 spiro atoms. The van der Waals surface area contributed by atoms with Crippen LogP contribution in [0.5, 0.6) is 0 Å². The molecule has 1 aromatic heterocycles. The van der Waals surface area contributed by atoms with E-state index in [1.165, 1.54) is 35.2 Å². The summed E-state index contributed by atoms with van der Waals surface area (Å²) in [4.78, 5) is 40.1. The standard InChI is InChI=1S/C23H27FN2O4/c1-7-13-26(22(28)17-9-11-18(24)12-10-17)16(5)21(27)19-14(3)20(23(29)30-8-2)25(6)15(19)4/h7,9-12,16H,1,8,13H2,2-6H3. The fourth-order valence-electron chi connectivity index (χ4n) is 3.49. The van der Waals surface area contributed by atoms with Gasteiger partial charge in [-0.2, -0.15) is 0 Å². The van der Waals surface area contributed by atoms with Gasteiger partial charge in [-0.3, -0.25) is 9.59 Å². The maximum absolute atomic E-state index is 13.4. The van der Waals surface area contributed by atoms with Crippen LogP contribution in [0.2, 0.25) is 0 Å². The van der Waals surface area contributed by atoms with Crippen LogP contribution in [-0.4, -0.2) is 46.3 Å². The van der Waals surface area contributed by atoms with E-state index in [4.69, 9.17) is 4.74 Å². The number of nitrogens with zero attached hydrogens (tertiary/aromatic N) is 2. The first kappa shape index (κ1) is 23.1. The second kappa shape index (κ2) is 9.52. The van der Waals surface area contributed by atoms with Gasteiger partial charge in [0.15, 0.2) is 5.78 Å². The molecule has 0 saturated carbocycles. The van der Waals surface area contributed by atoms with Gasteiger partial charge < -0.3 is 14.2 Å². The van der Waals surface area contributed by atoms with Gasteiger partial charge in [0, 0.05) is 30.4 Å². The van der Waals surface area contributed by atoms with Crippen LogP contribution in [-0.2, 0) is 11.8 Å². The Morgan fingerprint density at radius 1 is 1.23 bits per heavy atom. The van der Waals surface area contributed by atoms with Gasteiger partial charge in [-0.15, -0.1) is 6.58 Å². The van der Waals surface area contributed by atoms with Crippen LogP contribution in [0.1, 0.15) is 56.3 Å². The van der Waals surface area contributed by atoms with Crippen LogP contribution in [0.15, 0.2) is 36.9 Å². The van der Waals surface area contributed by atoms with Crippen LogP contribution in [0, 0.1) is 19.7 Å². The van der Waals surface area contributed by atoms with Crippen LogP contribution < -0.4 is 0 Å². The fourth-order valence-corrected chi connectivity index (χ4v) is 3.49. The monoisotopic (exact) mass is 414 g/mol. The van der Waals surface area contributed by atoms with Crippen LogP contribution in [0.25, 0.3) is 0 Å². The summed E-state index contributed by atoms with van der Waals surface area (Å²) in [6, 6.07) is 4.33. The van der Waals surface area contributed by atoms with E-state index in [1.54, 1.807) is 39.3 Å². The van der Waals surface area contributed by atoms with Gasteiger partial charge in [-0.1, -0.05) is 6.08 Å². The number of carbonyl (C=O) groups excluding carboxylic acids is 3. The van der Waals surface area contributed by atoms with Crippen LogP contribution in [0.3, 0.4) is 0 Å². The molecule has 1 atom stereocenters. The zero-order valence-corrected chi connectivity index (χ0v) is 18.0. The molecule has 1 amide bonds. The molecular formula is C23H27FN2O4. The van der Waals surface area contributed by atoms with Gasteiger partial charge in [0.1, 0.15) is 11.5 Å². The Morgan fingerprint density at radius 3 is 2.37 bits per heavy atom. The van der Waals surface area contributed by atoms with Gasteiger partial charge in [0.25, 0.3) is 5.91 Å². The highest BCUT2D eigenvalue weighted by Crippen LogP contribution is 2.25. The maximum Gasteiger partial charge on any atom is 0.355 e. The second-order valence-corrected chi connectivity index (χ2v) is 7.01. The van der Waals surface area contributed by atoms with E-state index < -0.39 is 23.7 Å². The van der Waals surface area contributed by atoms with Crippen molar-refractivity contribution < 1.29 is 23.5 Å². The van der Waals surface area contributed by atoms with Crippen LogP contribution in [0.4, 0.5) is 4.39 Å². The van der Waals surface area contributed by atoms with E-state index in [1.807, 2.05) is 0 Å². The number of benzene rings is 1. The third kappa shape index (κ3) is 4.35. The van der Waals surface area contributed by atoms with E-state index in [0.29, 0.717) is 22.5 Å². The molecule has 1 aromatic carbocycles. The van der Waals surface area contributed by atoms with Gasteiger partial charge in [-0.05, 0) is 57.5 Å². The number of aromatic nitrogens is 1.